The van der Waals surface area contributed by atoms with E-state index in [1.54, 1.807) is 12.8 Å². The van der Waals surface area contributed by atoms with E-state index < -0.39 is 0 Å². The van der Waals surface area contributed by atoms with Crippen molar-refractivity contribution < 1.29 is 0 Å². The molecule has 12 fully saturated rings. The zero-order valence-electron chi connectivity index (χ0n) is 7.57. The molecule has 0 saturated heterocycles. The Bertz CT molecular complexity index is 744. The summed E-state index contributed by atoms with van der Waals surface area (Å²) in [6.07, 6.45) is 3.47. The van der Waals surface area contributed by atoms with Gasteiger partial charge < -0.3 is 0 Å². The Labute approximate surface area is 79.4 Å². The van der Waals surface area contributed by atoms with Crippen LogP contribution in [0.5, 0.6) is 0 Å². The van der Waals surface area contributed by atoms with Crippen LogP contribution >= 0.6 is 0 Å². The summed E-state index contributed by atoms with van der Waals surface area (Å²) in [7, 11) is 0. The molecule has 12 aliphatic carbocycles. The van der Waals surface area contributed by atoms with Gasteiger partial charge in [0.1, 0.15) is 0 Å². The molecule has 8 unspecified atom stereocenters. The van der Waals surface area contributed by atoms with Crippen molar-refractivity contribution >= 4 is 0 Å². The first-order chi connectivity index (χ1) is 6.93. The third kappa shape index (κ3) is 0.0547. The highest BCUT2D eigenvalue weighted by molar-refractivity contribution is 6.24. The summed E-state index contributed by atoms with van der Waals surface area (Å²) in [6, 6.07) is 0. The highest BCUT2D eigenvalue weighted by Crippen LogP contribution is 3.81. The van der Waals surface area contributed by atoms with Gasteiger partial charge in [-0.2, -0.15) is 0 Å². The molecule has 0 N–H and O–H groups in total. The minimum absolute atomic E-state index is 1.16. The van der Waals surface area contributed by atoms with E-state index in [9.17, 15) is 0 Å². The highest BCUT2D eigenvalue weighted by Gasteiger charge is 3.80. The minimum Gasteiger partial charge on any atom is -0.0421 e. The second-order valence-corrected chi connectivity index (χ2v) is 9.57. The highest BCUT2D eigenvalue weighted by atomic mass is 15.8. The van der Waals surface area contributed by atoms with Crippen LogP contribution in [0.25, 0.3) is 0 Å². The molecule has 12 aliphatic rings. The molecule has 0 aromatic heterocycles. The maximum Gasteiger partial charge on any atom is -0.0000718 e. The average molecular weight is 174 g/mol. The molecule has 14 heavy (non-hydrogen) atoms. The molecule has 0 bridgehead atoms. The fraction of sp³-hybridized carbons (Fsp3) is 1.00. The minimum atomic E-state index is 1.16. The Morgan fingerprint density at radius 2 is 1.07 bits per heavy atom. The molecule has 10 spiro atoms. The van der Waals surface area contributed by atoms with Gasteiger partial charge in [0.15, 0.2) is 0 Å². The number of hydrogen-bond donors (Lipinski definition) is 0. The van der Waals surface area contributed by atoms with Gasteiger partial charge in [-0.1, -0.05) is 0 Å². The summed E-state index contributed by atoms with van der Waals surface area (Å²) in [6.45, 7) is 0. The van der Waals surface area contributed by atoms with Crippen molar-refractivity contribution in [1.29, 1.82) is 0 Å². The topological polar surface area (TPSA) is 0 Å². The maximum atomic E-state index is 1.73. The third-order valence-electron chi connectivity index (χ3n) is 12.5. The van der Waals surface area contributed by atoms with E-state index in [0.717, 1.165) is 10.8 Å². The van der Waals surface area contributed by atoms with Crippen molar-refractivity contribution in [2.24, 2.45) is 66.0 Å². The Morgan fingerprint density at radius 1 is 0.571 bits per heavy atom. The Morgan fingerprint density at radius 3 is 1.43 bits per heavy atom. The van der Waals surface area contributed by atoms with Gasteiger partial charge in [-0.05, 0) is 78.8 Å². The maximum absolute atomic E-state index is 1.73. The van der Waals surface area contributed by atoms with Crippen molar-refractivity contribution in [2.75, 3.05) is 0 Å². The second-order valence-electron chi connectivity index (χ2n) is 9.57. The van der Waals surface area contributed by atoms with E-state index in [-0.39, 0.29) is 0 Å². The summed E-state index contributed by atoms with van der Waals surface area (Å²) < 4.78 is 0. The van der Waals surface area contributed by atoms with Crippen LogP contribution in [0.3, 0.4) is 0 Å². The van der Waals surface area contributed by atoms with Gasteiger partial charge in [0, 0.05) is 0 Å². The Balaban J connectivity index is 1.43. The molecule has 0 amide bonds. The molecule has 0 nitrogen and oxygen atoms in total. The van der Waals surface area contributed by atoms with Crippen LogP contribution in [0.1, 0.15) is 12.8 Å². The fourth-order valence-corrected chi connectivity index (χ4v) is 14.2. The summed E-state index contributed by atoms with van der Waals surface area (Å²) in [5, 5.41) is 0. The predicted octanol–water partition coefficient (Wildman–Crippen LogP) is 1.03. The lowest BCUT2D eigenvalue weighted by Gasteiger charge is -2.13. The summed E-state index contributed by atoms with van der Waals surface area (Å²) in [4.78, 5) is 0. The molecule has 0 aromatic rings. The monoisotopic (exact) mass is 174 g/mol. The first kappa shape index (κ1) is 3.79. The quantitative estimate of drug-likeness (QED) is 0.514. The van der Waals surface area contributed by atoms with Crippen LogP contribution in [0, 0.1) is 66.0 Å². The van der Waals surface area contributed by atoms with Crippen molar-refractivity contribution in [3.05, 3.63) is 0 Å². The van der Waals surface area contributed by atoms with Crippen molar-refractivity contribution in [3.8, 4) is 0 Å². The normalized spacial score (nSPS) is 156. The molecule has 0 aliphatic heterocycles. The first-order valence-corrected chi connectivity index (χ1v) is 6.93. The van der Waals surface area contributed by atoms with E-state index >= 15 is 0 Å². The van der Waals surface area contributed by atoms with Crippen LogP contribution in [0.15, 0.2) is 0 Å². The fourth-order valence-electron chi connectivity index (χ4n) is 14.2. The van der Waals surface area contributed by atoms with E-state index in [4.69, 9.17) is 0 Å². The van der Waals surface area contributed by atoms with E-state index in [1.165, 1.54) is 55.2 Å². The predicted molar refractivity (Wildman–Crippen MR) is 40.5 cm³/mol. The summed E-state index contributed by atoms with van der Waals surface area (Å²) in [5.74, 6) is 2.74. The van der Waals surface area contributed by atoms with Crippen LogP contribution in [0.4, 0.5) is 0 Å². The standard InChI is InChI=1S/C14H6/c1-3-5(1)7(3)9(5)11(7)13(9)12-8-4-2-6(4,8)10(8,12)14(11,12)13/h3-4H,1-2H2. The second kappa shape index (κ2) is 0.405. The molecule has 62 valence electrons. The van der Waals surface area contributed by atoms with Crippen LogP contribution < -0.4 is 0 Å². The lowest BCUT2D eigenvalue weighted by atomic mass is 9.89. The van der Waals surface area contributed by atoms with Crippen molar-refractivity contribution in [2.45, 2.75) is 12.8 Å². The molecular weight excluding hydrogens is 168 g/mol. The summed E-state index contributed by atoms with van der Waals surface area (Å²) >= 11 is 0. The molecular formula is C14H6. The van der Waals surface area contributed by atoms with Crippen LogP contribution in [0.2, 0.25) is 0 Å². The van der Waals surface area contributed by atoms with Crippen LogP contribution in [-0.2, 0) is 0 Å². The first-order valence-electron chi connectivity index (χ1n) is 6.93. The van der Waals surface area contributed by atoms with E-state index in [1.807, 2.05) is 0 Å². The van der Waals surface area contributed by atoms with E-state index in [2.05, 4.69) is 0 Å². The van der Waals surface area contributed by atoms with Crippen molar-refractivity contribution in [3.63, 3.8) is 0 Å². The summed E-state index contributed by atoms with van der Waals surface area (Å²) in [5.41, 5.74) is 12.0. The average Bonchev–Trinajstić information content (AvgIpc) is 2.83. The molecule has 0 heterocycles. The largest absolute Gasteiger partial charge is 0.0421 e. The van der Waals surface area contributed by atoms with Gasteiger partial charge in [0.25, 0.3) is 0 Å². The molecule has 12 saturated carbocycles. The van der Waals surface area contributed by atoms with Gasteiger partial charge in [-0.3, -0.25) is 0 Å². The van der Waals surface area contributed by atoms with Gasteiger partial charge in [0.2, 0.25) is 0 Å². The lowest BCUT2D eigenvalue weighted by molar-refractivity contribution is 0.316. The van der Waals surface area contributed by atoms with Gasteiger partial charge in [-0.15, -0.1) is 0 Å². The Kier molecular flexibility index (Phi) is 0.109. The smallest absolute Gasteiger partial charge is 0.0000718 e. The molecule has 0 radical (unpaired) electrons. The zero-order valence-corrected chi connectivity index (χ0v) is 7.57. The third-order valence-corrected chi connectivity index (χ3v) is 12.5. The van der Waals surface area contributed by atoms with Crippen LogP contribution in [-0.4, -0.2) is 0 Å². The number of rotatable bonds is 0. The molecule has 8 atom stereocenters. The number of hydrogen-bond acceptors (Lipinski definition) is 0. The van der Waals surface area contributed by atoms with Gasteiger partial charge in [-0.25, -0.2) is 0 Å². The molecule has 0 aromatic carbocycles. The lowest BCUT2D eigenvalue weighted by Crippen LogP contribution is -2.11. The van der Waals surface area contributed by atoms with Gasteiger partial charge >= 0.3 is 0 Å². The molecule has 12 rings (SSSR count). The van der Waals surface area contributed by atoms with E-state index in [0.29, 0.717) is 0 Å². The van der Waals surface area contributed by atoms with Crippen molar-refractivity contribution in [1.82, 2.24) is 0 Å². The molecule has 0 heteroatoms. The van der Waals surface area contributed by atoms with Gasteiger partial charge in [0.05, 0.1) is 0 Å². The zero-order chi connectivity index (χ0) is 7.57. The SMILES string of the molecule is C1C2C13C21C32C13C21C24C56C7CC75C62C341. The Hall–Kier alpha value is 0.